The molecule has 0 aliphatic rings. The summed E-state index contributed by atoms with van der Waals surface area (Å²) < 4.78 is 5.18. The molecule has 3 N–H and O–H groups in total. The summed E-state index contributed by atoms with van der Waals surface area (Å²) in [6.45, 7) is 1.50. The minimum atomic E-state index is -0.127. The highest BCUT2D eigenvalue weighted by Gasteiger charge is 2.18. The average Bonchev–Trinajstić information content (AvgIpc) is 3.41. The molecule has 0 aliphatic carbocycles. The molecule has 3 aromatic heterocycles. The molecule has 6 heteroatoms. The molecule has 5 aromatic rings. The molecule has 0 atom stereocenters. The van der Waals surface area contributed by atoms with Crippen molar-refractivity contribution in [3.8, 4) is 16.9 Å². The lowest BCUT2D eigenvalue weighted by atomic mass is 10.1. The highest BCUT2D eigenvalue weighted by atomic mass is 32.1. The molecule has 140 valence electrons. The number of hydrogen-bond donors (Lipinski definition) is 2. The number of nitrogens with zero attached hydrogens (tertiary/aromatic N) is 2. The van der Waals surface area contributed by atoms with Crippen LogP contribution in [0.4, 0.5) is 0 Å². The number of hydrogen-bond acceptors (Lipinski definition) is 3. The zero-order valence-corrected chi connectivity index (χ0v) is 16.1. The van der Waals surface area contributed by atoms with E-state index in [2.05, 4.69) is 45.4 Å². The highest BCUT2D eigenvalue weighted by molar-refractivity contribution is 7.17. The number of thiophene rings is 1. The van der Waals surface area contributed by atoms with E-state index >= 15 is 0 Å². The molecule has 0 aliphatic heterocycles. The number of H-pyrrole nitrogens is 1. The lowest BCUT2D eigenvalue weighted by Gasteiger charge is -2.06. The van der Waals surface area contributed by atoms with E-state index in [-0.39, 0.29) is 5.69 Å². The predicted molar refractivity (Wildman–Crippen MR) is 116 cm³/mol. The number of nitrogens with one attached hydrogen (secondary N) is 1. The van der Waals surface area contributed by atoms with E-state index in [1.165, 1.54) is 4.70 Å². The molecular weight excluding hydrogens is 368 g/mol. The summed E-state index contributed by atoms with van der Waals surface area (Å²) in [4.78, 5) is 15.6. The standard InChI is InChI=1S/C22H20N4OS/c23-10-5-11-25-13-17(15-6-1-3-8-18(15)25)19-12-24-22(27)26(19)20-14-28-21-9-4-2-7-16(20)21/h1-4,6-9,12-14H,5,10-11,23H2,(H,24,27). The molecule has 0 fully saturated rings. The van der Waals surface area contributed by atoms with E-state index < -0.39 is 0 Å². The van der Waals surface area contributed by atoms with Gasteiger partial charge in [-0.25, -0.2) is 4.79 Å². The smallest absolute Gasteiger partial charge is 0.330 e. The number of imidazole rings is 1. The fourth-order valence-electron chi connectivity index (χ4n) is 3.84. The van der Waals surface area contributed by atoms with Crippen LogP contribution in [-0.4, -0.2) is 20.7 Å². The van der Waals surface area contributed by atoms with Gasteiger partial charge in [0.05, 0.1) is 11.4 Å². The van der Waals surface area contributed by atoms with Gasteiger partial charge in [0.2, 0.25) is 0 Å². The van der Waals surface area contributed by atoms with Crippen molar-refractivity contribution in [2.45, 2.75) is 13.0 Å². The fraction of sp³-hybridized carbons (Fsp3) is 0.136. The van der Waals surface area contributed by atoms with Crippen LogP contribution in [0.2, 0.25) is 0 Å². The van der Waals surface area contributed by atoms with Crippen molar-refractivity contribution >= 4 is 32.3 Å². The van der Waals surface area contributed by atoms with Crippen LogP contribution in [0, 0.1) is 0 Å². The van der Waals surface area contributed by atoms with Crippen LogP contribution in [0.5, 0.6) is 0 Å². The first-order valence-electron chi connectivity index (χ1n) is 9.33. The largest absolute Gasteiger partial charge is 0.347 e. The summed E-state index contributed by atoms with van der Waals surface area (Å²) in [7, 11) is 0. The lowest BCUT2D eigenvalue weighted by molar-refractivity contribution is 0.671. The molecule has 0 saturated heterocycles. The molecule has 0 saturated carbocycles. The van der Waals surface area contributed by atoms with Gasteiger partial charge in [0, 0.05) is 50.9 Å². The topological polar surface area (TPSA) is 68.7 Å². The van der Waals surface area contributed by atoms with E-state index in [4.69, 9.17) is 5.73 Å². The number of benzene rings is 2. The third-order valence-corrected chi connectivity index (χ3v) is 6.10. The van der Waals surface area contributed by atoms with Crippen LogP contribution < -0.4 is 11.4 Å². The normalized spacial score (nSPS) is 11.6. The number of aromatic amines is 1. The Kier molecular flexibility index (Phi) is 4.15. The van der Waals surface area contributed by atoms with Crippen molar-refractivity contribution in [2.24, 2.45) is 5.73 Å². The highest BCUT2D eigenvalue weighted by Crippen LogP contribution is 2.34. The van der Waals surface area contributed by atoms with Gasteiger partial charge < -0.3 is 15.3 Å². The molecule has 3 heterocycles. The van der Waals surface area contributed by atoms with Crippen molar-refractivity contribution in [2.75, 3.05) is 6.54 Å². The van der Waals surface area contributed by atoms with E-state index in [9.17, 15) is 4.79 Å². The first kappa shape index (κ1) is 17.0. The van der Waals surface area contributed by atoms with Crippen molar-refractivity contribution in [3.05, 3.63) is 76.8 Å². The van der Waals surface area contributed by atoms with Gasteiger partial charge in [-0.15, -0.1) is 11.3 Å². The molecule has 0 spiro atoms. The first-order valence-corrected chi connectivity index (χ1v) is 10.2. The summed E-state index contributed by atoms with van der Waals surface area (Å²) in [6.07, 6.45) is 4.85. The monoisotopic (exact) mass is 388 g/mol. The Hall–Kier alpha value is -3.09. The maximum atomic E-state index is 12.8. The molecule has 5 nitrogen and oxygen atoms in total. The van der Waals surface area contributed by atoms with Gasteiger partial charge in [-0.05, 0) is 25.1 Å². The molecule has 2 aromatic carbocycles. The van der Waals surface area contributed by atoms with E-state index in [0.717, 1.165) is 46.2 Å². The summed E-state index contributed by atoms with van der Waals surface area (Å²) in [6, 6.07) is 16.5. The molecule has 0 amide bonds. The third-order valence-electron chi connectivity index (χ3n) is 5.15. The van der Waals surface area contributed by atoms with E-state index in [1.807, 2.05) is 30.5 Å². The second-order valence-corrected chi connectivity index (χ2v) is 7.74. The zero-order valence-electron chi connectivity index (χ0n) is 15.3. The third kappa shape index (κ3) is 2.61. The number of para-hydroxylation sites is 1. The van der Waals surface area contributed by atoms with Crippen LogP contribution >= 0.6 is 11.3 Å². The van der Waals surface area contributed by atoms with Gasteiger partial charge in [0.15, 0.2) is 0 Å². The van der Waals surface area contributed by atoms with Gasteiger partial charge in [-0.2, -0.15) is 0 Å². The van der Waals surface area contributed by atoms with Crippen molar-refractivity contribution in [1.82, 2.24) is 14.1 Å². The Morgan fingerprint density at radius 1 is 1.04 bits per heavy atom. The van der Waals surface area contributed by atoms with Crippen LogP contribution in [0.1, 0.15) is 6.42 Å². The molecule has 0 bridgehead atoms. The number of rotatable bonds is 5. The average molecular weight is 388 g/mol. The van der Waals surface area contributed by atoms with Gasteiger partial charge in [-0.1, -0.05) is 36.4 Å². The Bertz CT molecular complexity index is 1340. The molecular formula is C22H20N4OS. The summed E-state index contributed by atoms with van der Waals surface area (Å²) in [5.41, 5.74) is 9.58. The van der Waals surface area contributed by atoms with Gasteiger partial charge >= 0.3 is 5.69 Å². The van der Waals surface area contributed by atoms with Crippen LogP contribution in [0.25, 0.3) is 37.9 Å². The van der Waals surface area contributed by atoms with Gasteiger partial charge in [0.1, 0.15) is 0 Å². The SMILES string of the molecule is NCCCn1cc(-c2c[nH]c(=O)n2-c2csc3ccccc23)c2ccccc21. The van der Waals surface area contributed by atoms with Gasteiger partial charge in [-0.3, -0.25) is 4.57 Å². The number of nitrogens with two attached hydrogens (primary N) is 1. The minimum absolute atomic E-state index is 0.127. The van der Waals surface area contributed by atoms with Crippen molar-refractivity contribution in [1.29, 1.82) is 0 Å². The second-order valence-electron chi connectivity index (χ2n) is 6.83. The van der Waals surface area contributed by atoms with Crippen molar-refractivity contribution < 1.29 is 0 Å². The second kappa shape index (κ2) is 6.82. The predicted octanol–water partition coefficient (Wildman–Crippen LogP) is 4.35. The number of fused-ring (bicyclic) bond motifs is 2. The van der Waals surface area contributed by atoms with Gasteiger partial charge in [0.25, 0.3) is 0 Å². The quantitative estimate of drug-likeness (QED) is 0.470. The molecule has 0 unspecified atom stereocenters. The number of aryl methyl sites for hydroxylation is 1. The van der Waals surface area contributed by atoms with E-state index in [0.29, 0.717) is 6.54 Å². The Labute approximate surface area is 165 Å². The summed E-state index contributed by atoms with van der Waals surface area (Å²) in [5, 5.41) is 4.27. The van der Waals surface area contributed by atoms with Crippen molar-refractivity contribution in [3.63, 3.8) is 0 Å². The summed E-state index contributed by atoms with van der Waals surface area (Å²) in [5.74, 6) is 0. The van der Waals surface area contributed by atoms with E-state index in [1.54, 1.807) is 15.9 Å². The lowest BCUT2D eigenvalue weighted by Crippen LogP contribution is -2.15. The summed E-state index contributed by atoms with van der Waals surface area (Å²) >= 11 is 1.65. The maximum Gasteiger partial charge on any atom is 0.330 e. The minimum Gasteiger partial charge on any atom is -0.347 e. The number of aromatic nitrogens is 3. The molecule has 28 heavy (non-hydrogen) atoms. The van der Waals surface area contributed by atoms with Crippen LogP contribution in [0.15, 0.2) is 71.1 Å². The zero-order chi connectivity index (χ0) is 19.1. The van der Waals surface area contributed by atoms with Crippen LogP contribution in [-0.2, 0) is 6.54 Å². The fourth-order valence-corrected chi connectivity index (χ4v) is 4.77. The molecule has 0 radical (unpaired) electrons. The Balaban J connectivity index is 1.75. The Morgan fingerprint density at radius 3 is 2.68 bits per heavy atom. The van der Waals surface area contributed by atoms with Crippen LogP contribution in [0.3, 0.4) is 0 Å². The Morgan fingerprint density at radius 2 is 1.82 bits per heavy atom. The molecule has 5 rings (SSSR count). The maximum absolute atomic E-state index is 12.8. The first-order chi connectivity index (χ1) is 13.8.